The van der Waals surface area contributed by atoms with Crippen molar-refractivity contribution >= 4 is 27.5 Å². The van der Waals surface area contributed by atoms with Crippen LogP contribution in [0.3, 0.4) is 0 Å². The molecular weight excluding hydrogens is 329 g/mol. The van der Waals surface area contributed by atoms with Crippen LogP contribution in [0.2, 0.25) is 0 Å². The van der Waals surface area contributed by atoms with Crippen LogP contribution < -0.4 is 0 Å². The van der Waals surface area contributed by atoms with Crippen LogP contribution in [0.5, 0.6) is 0 Å². The first-order valence-electron chi connectivity index (χ1n) is 5.59. The van der Waals surface area contributed by atoms with Gasteiger partial charge in [-0.1, -0.05) is 15.9 Å². The Kier molecular flexibility index (Phi) is 2.98. The van der Waals surface area contributed by atoms with Crippen molar-refractivity contribution in [1.29, 1.82) is 0 Å². The average molecular weight is 336 g/mol. The van der Waals surface area contributed by atoms with Crippen molar-refractivity contribution < 1.29 is 14.3 Å². The largest absolute Gasteiger partial charge is 0.478 e. The monoisotopic (exact) mass is 335 g/mol. The van der Waals surface area contributed by atoms with E-state index in [4.69, 9.17) is 5.11 Å². The molecule has 0 unspecified atom stereocenters. The summed E-state index contributed by atoms with van der Waals surface area (Å²) in [6.45, 7) is 0. The van der Waals surface area contributed by atoms with Crippen LogP contribution in [-0.4, -0.2) is 25.7 Å². The molecule has 1 N–H and O–H groups in total. The molecule has 0 amide bonds. The molecule has 0 saturated heterocycles. The number of pyridine rings is 1. The number of aromatic nitrogens is 3. The van der Waals surface area contributed by atoms with Crippen molar-refractivity contribution in [2.45, 2.75) is 0 Å². The second-order valence-electron chi connectivity index (χ2n) is 4.13. The molecular formula is C13H7BrFN3O2. The van der Waals surface area contributed by atoms with E-state index in [0.29, 0.717) is 21.5 Å². The third kappa shape index (κ3) is 2.16. The lowest BCUT2D eigenvalue weighted by molar-refractivity contribution is 0.0696. The van der Waals surface area contributed by atoms with Crippen LogP contribution in [0.15, 0.2) is 41.0 Å². The Hall–Kier alpha value is -2.28. The molecule has 0 aliphatic heterocycles. The van der Waals surface area contributed by atoms with Crippen LogP contribution in [0, 0.1) is 5.82 Å². The molecule has 0 atom stereocenters. The molecule has 0 saturated carbocycles. The van der Waals surface area contributed by atoms with Gasteiger partial charge in [0.1, 0.15) is 5.82 Å². The quantitative estimate of drug-likeness (QED) is 0.781. The van der Waals surface area contributed by atoms with Gasteiger partial charge in [0.25, 0.3) is 0 Å². The zero-order chi connectivity index (χ0) is 14.3. The van der Waals surface area contributed by atoms with Crippen LogP contribution in [-0.2, 0) is 0 Å². The number of carboxylic acid groups (broad SMARTS) is 1. The summed E-state index contributed by atoms with van der Waals surface area (Å²) in [4.78, 5) is 11.0. The van der Waals surface area contributed by atoms with Gasteiger partial charge in [0.2, 0.25) is 0 Å². The normalized spacial score (nSPS) is 10.9. The lowest BCUT2D eigenvalue weighted by atomic mass is 10.2. The minimum Gasteiger partial charge on any atom is -0.478 e. The molecule has 0 spiro atoms. The smallest absolute Gasteiger partial charge is 0.337 e. The van der Waals surface area contributed by atoms with E-state index in [-0.39, 0.29) is 5.56 Å². The van der Waals surface area contributed by atoms with Gasteiger partial charge in [-0.25, -0.2) is 9.18 Å². The van der Waals surface area contributed by atoms with Gasteiger partial charge in [0.15, 0.2) is 11.5 Å². The first kappa shape index (κ1) is 12.7. The van der Waals surface area contributed by atoms with E-state index in [2.05, 4.69) is 26.1 Å². The van der Waals surface area contributed by atoms with E-state index in [0.717, 1.165) is 0 Å². The van der Waals surface area contributed by atoms with Crippen molar-refractivity contribution in [3.05, 3.63) is 52.4 Å². The SMILES string of the molecule is O=C(O)c1ccc2nnc(-c3cc(F)cc(Br)c3)n2c1. The van der Waals surface area contributed by atoms with Crippen molar-refractivity contribution in [2.75, 3.05) is 0 Å². The fraction of sp³-hybridized carbons (Fsp3) is 0. The standard InChI is InChI=1S/C13H7BrFN3O2/c14-9-3-8(4-10(15)5-9)12-17-16-11-2-1-7(13(19)20)6-18(11)12/h1-6H,(H,19,20). The highest BCUT2D eigenvalue weighted by Crippen LogP contribution is 2.24. The second-order valence-corrected chi connectivity index (χ2v) is 5.05. The van der Waals surface area contributed by atoms with Gasteiger partial charge >= 0.3 is 5.97 Å². The Bertz CT molecular complexity index is 811. The highest BCUT2D eigenvalue weighted by molar-refractivity contribution is 9.10. The van der Waals surface area contributed by atoms with E-state index < -0.39 is 11.8 Å². The number of halogens is 2. The number of carbonyl (C=O) groups is 1. The summed E-state index contributed by atoms with van der Waals surface area (Å²) in [5.74, 6) is -1.09. The molecule has 7 heteroatoms. The Morgan fingerprint density at radius 3 is 2.75 bits per heavy atom. The molecule has 0 bridgehead atoms. The average Bonchev–Trinajstić information content (AvgIpc) is 2.80. The summed E-state index contributed by atoms with van der Waals surface area (Å²) < 4.78 is 15.5. The van der Waals surface area contributed by atoms with Gasteiger partial charge in [0.05, 0.1) is 5.56 Å². The third-order valence-electron chi connectivity index (χ3n) is 2.77. The first-order chi connectivity index (χ1) is 9.54. The number of rotatable bonds is 2. The molecule has 0 radical (unpaired) electrons. The van der Waals surface area contributed by atoms with Gasteiger partial charge in [-0.3, -0.25) is 4.40 Å². The molecule has 0 aliphatic rings. The summed E-state index contributed by atoms with van der Waals surface area (Å²) in [7, 11) is 0. The minimum absolute atomic E-state index is 0.106. The maximum Gasteiger partial charge on any atom is 0.337 e. The van der Waals surface area contributed by atoms with Crippen molar-refractivity contribution in [3.8, 4) is 11.4 Å². The summed E-state index contributed by atoms with van der Waals surface area (Å²) >= 11 is 3.21. The summed E-state index contributed by atoms with van der Waals surface area (Å²) in [6.07, 6.45) is 1.41. The molecule has 2 heterocycles. The van der Waals surface area contributed by atoms with Crippen LogP contribution in [0.1, 0.15) is 10.4 Å². The van der Waals surface area contributed by atoms with Crippen LogP contribution in [0.25, 0.3) is 17.0 Å². The minimum atomic E-state index is -1.05. The molecule has 1 aromatic carbocycles. The highest BCUT2D eigenvalue weighted by Gasteiger charge is 2.12. The topological polar surface area (TPSA) is 67.5 Å². The number of aromatic carboxylic acids is 1. The Morgan fingerprint density at radius 2 is 2.05 bits per heavy atom. The van der Waals surface area contributed by atoms with Gasteiger partial charge in [-0.2, -0.15) is 0 Å². The zero-order valence-electron chi connectivity index (χ0n) is 9.92. The molecule has 5 nitrogen and oxygen atoms in total. The summed E-state index contributed by atoms with van der Waals surface area (Å²) in [6, 6.07) is 7.32. The van der Waals surface area contributed by atoms with Crippen LogP contribution in [0.4, 0.5) is 4.39 Å². The fourth-order valence-corrected chi connectivity index (χ4v) is 2.36. The van der Waals surface area contributed by atoms with E-state index in [9.17, 15) is 9.18 Å². The fourth-order valence-electron chi connectivity index (χ4n) is 1.90. The second kappa shape index (κ2) is 4.68. The summed E-state index contributed by atoms with van der Waals surface area (Å²) in [5.41, 5.74) is 1.10. The number of nitrogens with zero attached hydrogens (tertiary/aromatic N) is 3. The van der Waals surface area contributed by atoms with Crippen molar-refractivity contribution in [2.24, 2.45) is 0 Å². The Balaban J connectivity index is 2.25. The van der Waals surface area contributed by atoms with Gasteiger partial charge in [-0.15, -0.1) is 10.2 Å². The van der Waals surface area contributed by atoms with E-state index >= 15 is 0 Å². The maximum absolute atomic E-state index is 13.4. The number of benzene rings is 1. The first-order valence-corrected chi connectivity index (χ1v) is 6.38. The predicted molar refractivity (Wildman–Crippen MR) is 73.0 cm³/mol. The lowest BCUT2D eigenvalue weighted by Gasteiger charge is -2.02. The highest BCUT2D eigenvalue weighted by atomic mass is 79.9. The number of fused-ring (bicyclic) bond motifs is 1. The third-order valence-corrected chi connectivity index (χ3v) is 3.23. The molecule has 100 valence electrons. The lowest BCUT2D eigenvalue weighted by Crippen LogP contribution is -1.99. The van der Waals surface area contributed by atoms with Gasteiger partial charge in [-0.05, 0) is 30.3 Å². The summed E-state index contributed by atoms with van der Waals surface area (Å²) in [5, 5.41) is 16.9. The molecule has 0 aliphatic carbocycles. The predicted octanol–water partition coefficient (Wildman–Crippen LogP) is 3.00. The molecule has 3 aromatic rings. The van der Waals surface area contributed by atoms with E-state index in [1.165, 1.54) is 28.8 Å². The van der Waals surface area contributed by atoms with E-state index in [1.807, 2.05) is 0 Å². The molecule has 3 rings (SSSR count). The van der Waals surface area contributed by atoms with Crippen molar-refractivity contribution in [3.63, 3.8) is 0 Å². The van der Waals surface area contributed by atoms with Crippen molar-refractivity contribution in [1.82, 2.24) is 14.6 Å². The van der Waals surface area contributed by atoms with Gasteiger partial charge in [0, 0.05) is 16.2 Å². The Morgan fingerprint density at radius 1 is 1.25 bits per heavy atom. The van der Waals surface area contributed by atoms with Crippen LogP contribution >= 0.6 is 15.9 Å². The molecule has 20 heavy (non-hydrogen) atoms. The van der Waals surface area contributed by atoms with E-state index in [1.54, 1.807) is 12.1 Å². The molecule has 2 aromatic heterocycles. The van der Waals surface area contributed by atoms with Gasteiger partial charge < -0.3 is 5.11 Å². The number of carboxylic acids is 1. The number of hydrogen-bond acceptors (Lipinski definition) is 3. The maximum atomic E-state index is 13.4. The zero-order valence-corrected chi connectivity index (χ0v) is 11.5. The Labute approximate surface area is 120 Å². The number of hydrogen-bond donors (Lipinski definition) is 1. The molecule has 0 fully saturated rings.